The zero-order chi connectivity index (χ0) is 14.7. The number of rotatable bonds is 8. The van der Waals surface area contributed by atoms with Crippen molar-refractivity contribution in [3.63, 3.8) is 0 Å². The Labute approximate surface area is 116 Å². The van der Waals surface area contributed by atoms with E-state index >= 15 is 0 Å². The summed E-state index contributed by atoms with van der Waals surface area (Å²) >= 11 is 0. The van der Waals surface area contributed by atoms with Gasteiger partial charge in [-0.05, 0) is 40.0 Å². The minimum atomic E-state index is -0.822. The summed E-state index contributed by atoms with van der Waals surface area (Å²) in [6.07, 6.45) is 4.15. The van der Waals surface area contributed by atoms with E-state index in [-0.39, 0.29) is 5.97 Å². The molecule has 0 aromatic heterocycles. The Balaban J connectivity index is 2.92. The lowest BCUT2D eigenvalue weighted by Gasteiger charge is -2.35. The van der Waals surface area contributed by atoms with E-state index in [0.29, 0.717) is 6.42 Å². The summed E-state index contributed by atoms with van der Waals surface area (Å²) < 4.78 is 5.71. The first-order valence-corrected chi connectivity index (χ1v) is 7.37. The second kappa shape index (κ2) is 5.80. The summed E-state index contributed by atoms with van der Waals surface area (Å²) in [6.45, 7) is 11.8. The van der Waals surface area contributed by atoms with Crippen LogP contribution in [-0.2, 0) is 19.3 Å². The predicted molar refractivity (Wildman–Crippen MR) is 73.3 cm³/mol. The third kappa shape index (κ3) is 3.29. The van der Waals surface area contributed by atoms with Crippen molar-refractivity contribution in [2.75, 3.05) is 0 Å². The van der Waals surface area contributed by atoms with Crippen LogP contribution in [0.25, 0.3) is 0 Å². The normalized spacial score (nSPS) is 20.7. The Morgan fingerprint density at radius 3 is 2.11 bits per heavy atom. The first kappa shape index (κ1) is 16.4. The van der Waals surface area contributed by atoms with Crippen molar-refractivity contribution < 1.29 is 19.3 Å². The standard InChI is InChI=1S/C15H28O4/c1-7-10-11-15(9-3,14(6)18-19-14)12(16)17-13(4,5)8-2/h7-11H2,1-6H3. The SMILES string of the molecule is CCCCC(CC)(C(=O)OC(C)(C)CC)C1(C)OO1. The Morgan fingerprint density at radius 2 is 1.74 bits per heavy atom. The molecule has 1 atom stereocenters. The smallest absolute Gasteiger partial charge is 0.318 e. The summed E-state index contributed by atoms with van der Waals surface area (Å²) in [4.78, 5) is 22.9. The topological polar surface area (TPSA) is 51.4 Å². The fourth-order valence-electron chi connectivity index (χ4n) is 2.28. The maximum atomic E-state index is 12.7. The molecule has 1 fully saturated rings. The molecule has 1 rings (SSSR count). The first-order chi connectivity index (χ1) is 8.77. The molecule has 0 spiro atoms. The Hall–Kier alpha value is -0.610. The number of hydrogen-bond acceptors (Lipinski definition) is 4. The van der Waals surface area contributed by atoms with Crippen LogP contribution in [0.2, 0.25) is 0 Å². The highest BCUT2D eigenvalue weighted by Gasteiger charge is 2.65. The lowest BCUT2D eigenvalue weighted by molar-refractivity contribution is -0.176. The van der Waals surface area contributed by atoms with E-state index in [1.807, 2.05) is 34.6 Å². The minimum absolute atomic E-state index is 0.199. The molecule has 0 aliphatic carbocycles. The molecule has 4 nitrogen and oxygen atoms in total. The molecule has 0 N–H and O–H groups in total. The molecule has 1 heterocycles. The molecule has 112 valence electrons. The largest absolute Gasteiger partial charge is 0.459 e. The number of carbonyl (C=O) groups is 1. The molecule has 1 saturated heterocycles. The summed E-state index contributed by atoms with van der Waals surface area (Å²) in [6, 6.07) is 0. The fourth-order valence-corrected chi connectivity index (χ4v) is 2.28. The molecular weight excluding hydrogens is 244 g/mol. The van der Waals surface area contributed by atoms with Gasteiger partial charge in [-0.2, -0.15) is 9.78 Å². The van der Waals surface area contributed by atoms with Gasteiger partial charge >= 0.3 is 5.97 Å². The van der Waals surface area contributed by atoms with E-state index in [4.69, 9.17) is 14.5 Å². The van der Waals surface area contributed by atoms with Crippen molar-refractivity contribution in [2.45, 2.75) is 85.0 Å². The van der Waals surface area contributed by atoms with Crippen LogP contribution in [0.15, 0.2) is 0 Å². The lowest BCUT2D eigenvalue weighted by Crippen LogP contribution is -2.47. The van der Waals surface area contributed by atoms with Crippen molar-refractivity contribution in [3.05, 3.63) is 0 Å². The van der Waals surface area contributed by atoms with E-state index in [1.165, 1.54) is 0 Å². The monoisotopic (exact) mass is 272 g/mol. The molecule has 1 aliphatic heterocycles. The molecule has 19 heavy (non-hydrogen) atoms. The van der Waals surface area contributed by atoms with Crippen molar-refractivity contribution in [2.24, 2.45) is 5.41 Å². The van der Waals surface area contributed by atoms with Gasteiger partial charge in [0.1, 0.15) is 11.0 Å². The Bertz CT molecular complexity index is 320. The van der Waals surface area contributed by atoms with Crippen LogP contribution in [0.1, 0.15) is 73.6 Å². The third-order valence-electron chi connectivity index (χ3n) is 4.37. The van der Waals surface area contributed by atoms with Gasteiger partial charge in [-0.1, -0.05) is 33.6 Å². The van der Waals surface area contributed by atoms with Crippen molar-refractivity contribution in [3.8, 4) is 0 Å². The molecule has 0 aromatic carbocycles. The van der Waals surface area contributed by atoms with Gasteiger partial charge in [-0.25, -0.2) is 0 Å². The molecule has 4 heteroatoms. The molecule has 0 aromatic rings. The lowest BCUT2D eigenvalue weighted by atomic mass is 9.74. The highest BCUT2D eigenvalue weighted by atomic mass is 17.4. The van der Waals surface area contributed by atoms with Gasteiger partial charge in [-0.3, -0.25) is 4.79 Å². The maximum absolute atomic E-state index is 12.7. The van der Waals surface area contributed by atoms with Gasteiger partial charge in [0.05, 0.1) is 0 Å². The van der Waals surface area contributed by atoms with Gasteiger partial charge in [0, 0.05) is 0 Å². The average Bonchev–Trinajstić information content (AvgIpc) is 3.09. The summed E-state index contributed by atoms with van der Waals surface area (Å²) in [5.41, 5.74) is -1.15. The number of unbranched alkanes of at least 4 members (excludes halogenated alkanes) is 1. The van der Waals surface area contributed by atoms with E-state index in [2.05, 4.69) is 6.92 Å². The van der Waals surface area contributed by atoms with Crippen LogP contribution in [-0.4, -0.2) is 17.4 Å². The van der Waals surface area contributed by atoms with Gasteiger partial charge in [0.2, 0.25) is 5.79 Å². The fraction of sp³-hybridized carbons (Fsp3) is 0.933. The highest BCUT2D eigenvalue weighted by Crippen LogP contribution is 2.52. The Kier molecular flexibility index (Phi) is 5.02. The number of ether oxygens (including phenoxy) is 1. The van der Waals surface area contributed by atoms with Crippen LogP contribution >= 0.6 is 0 Å². The molecule has 0 radical (unpaired) electrons. The van der Waals surface area contributed by atoms with E-state index in [0.717, 1.165) is 25.7 Å². The molecule has 0 bridgehead atoms. The quantitative estimate of drug-likeness (QED) is 0.381. The minimum Gasteiger partial charge on any atom is -0.459 e. The molecule has 0 amide bonds. The summed E-state index contributed by atoms with van der Waals surface area (Å²) in [5.74, 6) is -1.02. The van der Waals surface area contributed by atoms with Crippen molar-refractivity contribution >= 4 is 5.97 Å². The molecule has 1 aliphatic rings. The zero-order valence-electron chi connectivity index (χ0n) is 13.2. The van der Waals surface area contributed by atoms with Gasteiger partial charge < -0.3 is 4.74 Å². The highest BCUT2D eigenvalue weighted by molar-refractivity contribution is 5.78. The van der Waals surface area contributed by atoms with Crippen LogP contribution in [0.5, 0.6) is 0 Å². The van der Waals surface area contributed by atoms with Gasteiger partial charge in [0.15, 0.2) is 0 Å². The Morgan fingerprint density at radius 1 is 1.16 bits per heavy atom. The van der Waals surface area contributed by atoms with E-state index in [9.17, 15) is 4.79 Å². The summed E-state index contributed by atoms with van der Waals surface area (Å²) in [7, 11) is 0. The average molecular weight is 272 g/mol. The zero-order valence-corrected chi connectivity index (χ0v) is 13.2. The van der Waals surface area contributed by atoms with Gasteiger partial charge in [0.25, 0.3) is 0 Å². The first-order valence-electron chi connectivity index (χ1n) is 7.37. The van der Waals surface area contributed by atoms with Crippen molar-refractivity contribution in [1.82, 2.24) is 0 Å². The third-order valence-corrected chi connectivity index (χ3v) is 4.37. The van der Waals surface area contributed by atoms with Crippen LogP contribution in [0.4, 0.5) is 0 Å². The van der Waals surface area contributed by atoms with Crippen LogP contribution in [0.3, 0.4) is 0 Å². The molecular formula is C15H28O4. The summed E-state index contributed by atoms with van der Waals surface area (Å²) in [5, 5.41) is 0. The second-order valence-corrected chi connectivity index (χ2v) is 6.15. The maximum Gasteiger partial charge on any atom is 0.318 e. The number of carbonyl (C=O) groups excluding carboxylic acids is 1. The van der Waals surface area contributed by atoms with E-state index < -0.39 is 16.8 Å². The van der Waals surface area contributed by atoms with Crippen LogP contribution in [0, 0.1) is 5.41 Å². The van der Waals surface area contributed by atoms with Crippen LogP contribution < -0.4 is 0 Å². The van der Waals surface area contributed by atoms with Crippen molar-refractivity contribution in [1.29, 1.82) is 0 Å². The van der Waals surface area contributed by atoms with Gasteiger partial charge in [-0.15, -0.1) is 0 Å². The second-order valence-electron chi connectivity index (χ2n) is 6.15. The molecule has 1 unspecified atom stereocenters. The number of hydrogen-bond donors (Lipinski definition) is 0. The number of esters is 1. The molecule has 0 saturated carbocycles. The van der Waals surface area contributed by atoms with E-state index in [1.54, 1.807) is 0 Å². The predicted octanol–water partition coefficient (Wildman–Crippen LogP) is 3.98.